The van der Waals surface area contributed by atoms with Crippen molar-refractivity contribution < 1.29 is 10.3 Å². The number of hydrogen-bond acceptors (Lipinski definition) is 4. The fourth-order valence-electron chi connectivity index (χ4n) is 1.14. The van der Waals surface area contributed by atoms with Crippen LogP contribution in [0.3, 0.4) is 0 Å². The normalized spacial score (nSPS) is 13.7. The number of aliphatic hydroxyl groups excluding tert-OH is 1. The van der Waals surface area contributed by atoms with Crippen LogP contribution in [0.25, 0.3) is 0 Å². The van der Waals surface area contributed by atoms with E-state index in [0.717, 1.165) is 15.1 Å². The molecule has 0 saturated heterocycles. The van der Waals surface area contributed by atoms with Gasteiger partial charge in [-0.2, -0.15) is 0 Å². The standard InChI is InChI=1S/C11H15BrN2O2S/c1-7(5-15)6-17-8-2-3-9(10(12)4-8)11(13)14-16/h2-4,7,15-16H,5-6H2,1H3,(H2,13,14). The molecule has 1 rings (SSSR count). The summed E-state index contributed by atoms with van der Waals surface area (Å²) < 4.78 is 0.787. The minimum absolute atomic E-state index is 0.0807. The summed E-state index contributed by atoms with van der Waals surface area (Å²) in [6, 6.07) is 5.63. The number of nitrogens with zero attached hydrogens (tertiary/aromatic N) is 1. The highest BCUT2D eigenvalue weighted by Gasteiger charge is 2.07. The lowest BCUT2D eigenvalue weighted by atomic mass is 10.2. The molecule has 1 atom stereocenters. The van der Waals surface area contributed by atoms with Crippen LogP contribution in [-0.2, 0) is 0 Å². The van der Waals surface area contributed by atoms with Crippen molar-refractivity contribution in [3.05, 3.63) is 28.2 Å². The Morgan fingerprint density at radius 2 is 2.29 bits per heavy atom. The van der Waals surface area contributed by atoms with E-state index in [1.54, 1.807) is 17.8 Å². The molecule has 0 fully saturated rings. The van der Waals surface area contributed by atoms with Gasteiger partial charge in [0.05, 0.1) is 0 Å². The van der Waals surface area contributed by atoms with Crippen molar-refractivity contribution in [3.8, 4) is 0 Å². The molecule has 0 aromatic heterocycles. The van der Waals surface area contributed by atoms with Gasteiger partial charge in [-0.25, -0.2) is 0 Å². The van der Waals surface area contributed by atoms with Gasteiger partial charge in [-0.3, -0.25) is 0 Å². The van der Waals surface area contributed by atoms with Gasteiger partial charge in [0.2, 0.25) is 0 Å². The molecule has 0 aliphatic heterocycles. The monoisotopic (exact) mass is 318 g/mol. The summed E-state index contributed by atoms with van der Waals surface area (Å²) in [6.45, 7) is 2.18. The topological polar surface area (TPSA) is 78.8 Å². The highest BCUT2D eigenvalue weighted by Crippen LogP contribution is 2.26. The molecule has 0 saturated carbocycles. The molecule has 0 radical (unpaired) electrons. The third-order valence-electron chi connectivity index (χ3n) is 2.17. The number of nitrogens with two attached hydrogens (primary N) is 1. The number of amidine groups is 1. The Kier molecular flexibility index (Phi) is 5.80. The van der Waals surface area contributed by atoms with E-state index in [-0.39, 0.29) is 18.4 Å². The maximum atomic E-state index is 8.93. The van der Waals surface area contributed by atoms with E-state index in [4.69, 9.17) is 16.0 Å². The van der Waals surface area contributed by atoms with Crippen LogP contribution in [0, 0.1) is 5.92 Å². The minimum Gasteiger partial charge on any atom is -0.409 e. The molecule has 4 N–H and O–H groups in total. The molecular weight excluding hydrogens is 304 g/mol. The molecule has 1 aromatic rings. The molecule has 0 aliphatic rings. The van der Waals surface area contributed by atoms with Crippen LogP contribution < -0.4 is 5.73 Å². The predicted octanol–water partition coefficient (Wildman–Crippen LogP) is 2.26. The van der Waals surface area contributed by atoms with Gasteiger partial charge in [0, 0.05) is 27.3 Å². The van der Waals surface area contributed by atoms with Crippen molar-refractivity contribution >= 4 is 33.5 Å². The minimum atomic E-state index is 0.0807. The maximum Gasteiger partial charge on any atom is 0.171 e. The average Bonchev–Trinajstić information content (AvgIpc) is 2.35. The molecule has 0 bridgehead atoms. The molecule has 94 valence electrons. The molecule has 4 nitrogen and oxygen atoms in total. The second kappa shape index (κ2) is 6.88. The van der Waals surface area contributed by atoms with Crippen molar-refractivity contribution in [1.29, 1.82) is 0 Å². The van der Waals surface area contributed by atoms with Crippen LogP contribution >= 0.6 is 27.7 Å². The van der Waals surface area contributed by atoms with E-state index in [9.17, 15) is 0 Å². The van der Waals surface area contributed by atoms with Crippen molar-refractivity contribution in [2.24, 2.45) is 16.8 Å². The Morgan fingerprint density at radius 3 is 2.82 bits per heavy atom. The number of thioether (sulfide) groups is 1. The number of halogens is 1. The third-order valence-corrected chi connectivity index (χ3v) is 4.15. The molecule has 0 heterocycles. The Labute approximate surface area is 113 Å². The maximum absolute atomic E-state index is 8.93. The van der Waals surface area contributed by atoms with Gasteiger partial charge in [0.15, 0.2) is 5.84 Å². The first kappa shape index (κ1) is 14.3. The van der Waals surface area contributed by atoms with Crippen LogP contribution in [0.1, 0.15) is 12.5 Å². The summed E-state index contributed by atoms with van der Waals surface area (Å²) in [4.78, 5) is 1.08. The summed E-state index contributed by atoms with van der Waals surface area (Å²) >= 11 is 5.04. The lowest BCUT2D eigenvalue weighted by Crippen LogP contribution is -2.13. The fourth-order valence-corrected chi connectivity index (χ4v) is 2.82. The average molecular weight is 319 g/mol. The number of oxime groups is 1. The van der Waals surface area contributed by atoms with Gasteiger partial charge in [-0.05, 0) is 40.0 Å². The zero-order chi connectivity index (χ0) is 12.8. The molecule has 0 aliphatic carbocycles. The van der Waals surface area contributed by atoms with Gasteiger partial charge >= 0.3 is 0 Å². The van der Waals surface area contributed by atoms with Gasteiger partial charge in [0.25, 0.3) is 0 Å². The molecule has 1 aromatic carbocycles. The second-order valence-corrected chi connectivity index (χ2v) is 5.67. The highest BCUT2D eigenvalue weighted by molar-refractivity contribution is 9.10. The van der Waals surface area contributed by atoms with Crippen molar-refractivity contribution in [1.82, 2.24) is 0 Å². The fraction of sp³-hybridized carbons (Fsp3) is 0.364. The zero-order valence-electron chi connectivity index (χ0n) is 9.43. The van der Waals surface area contributed by atoms with Crippen LogP contribution in [-0.4, -0.2) is 28.5 Å². The number of hydrogen-bond donors (Lipinski definition) is 3. The lowest BCUT2D eigenvalue weighted by Gasteiger charge is -2.09. The van der Waals surface area contributed by atoms with E-state index in [0.29, 0.717) is 5.56 Å². The van der Waals surface area contributed by atoms with Gasteiger partial charge < -0.3 is 16.0 Å². The van der Waals surface area contributed by atoms with Crippen molar-refractivity contribution in [2.45, 2.75) is 11.8 Å². The van der Waals surface area contributed by atoms with Crippen LogP contribution in [0.4, 0.5) is 0 Å². The lowest BCUT2D eigenvalue weighted by molar-refractivity contribution is 0.250. The van der Waals surface area contributed by atoms with E-state index >= 15 is 0 Å². The van der Waals surface area contributed by atoms with Crippen molar-refractivity contribution in [2.75, 3.05) is 12.4 Å². The Morgan fingerprint density at radius 1 is 1.59 bits per heavy atom. The number of aliphatic hydroxyl groups is 1. The summed E-state index contributed by atoms with van der Waals surface area (Å²) in [5.74, 6) is 1.20. The summed E-state index contributed by atoms with van der Waals surface area (Å²) in [5, 5.41) is 20.5. The van der Waals surface area contributed by atoms with Gasteiger partial charge in [-0.1, -0.05) is 12.1 Å². The summed E-state index contributed by atoms with van der Waals surface area (Å²) in [5.41, 5.74) is 6.18. The smallest absolute Gasteiger partial charge is 0.171 e. The molecule has 0 spiro atoms. The Bertz CT molecular complexity index is 412. The van der Waals surface area contributed by atoms with E-state index in [1.165, 1.54) is 0 Å². The van der Waals surface area contributed by atoms with Crippen LogP contribution in [0.5, 0.6) is 0 Å². The van der Waals surface area contributed by atoms with E-state index in [2.05, 4.69) is 21.1 Å². The first-order chi connectivity index (χ1) is 8.08. The van der Waals surface area contributed by atoms with Crippen LogP contribution in [0.15, 0.2) is 32.7 Å². The molecule has 0 amide bonds. The highest BCUT2D eigenvalue weighted by atomic mass is 79.9. The third kappa shape index (κ3) is 4.22. The Hall–Kier alpha value is -0.720. The summed E-state index contributed by atoms with van der Waals surface area (Å²) in [7, 11) is 0. The molecule has 17 heavy (non-hydrogen) atoms. The molecular formula is C11H15BrN2O2S. The second-order valence-electron chi connectivity index (χ2n) is 3.73. The SMILES string of the molecule is CC(CO)CSc1ccc(/C(N)=N/O)c(Br)c1. The number of rotatable bonds is 5. The van der Waals surface area contributed by atoms with E-state index in [1.807, 2.05) is 19.1 Å². The predicted molar refractivity (Wildman–Crippen MR) is 73.6 cm³/mol. The first-order valence-corrected chi connectivity index (χ1v) is 6.87. The van der Waals surface area contributed by atoms with E-state index < -0.39 is 0 Å². The number of benzene rings is 1. The first-order valence-electron chi connectivity index (χ1n) is 5.09. The van der Waals surface area contributed by atoms with Crippen molar-refractivity contribution in [3.63, 3.8) is 0 Å². The quantitative estimate of drug-likeness (QED) is 0.256. The van der Waals surface area contributed by atoms with Gasteiger partial charge in [-0.15, -0.1) is 11.8 Å². The van der Waals surface area contributed by atoms with Gasteiger partial charge in [0.1, 0.15) is 0 Å². The summed E-state index contributed by atoms with van der Waals surface area (Å²) in [6.07, 6.45) is 0. The molecule has 6 heteroatoms. The molecule has 1 unspecified atom stereocenters. The Balaban J connectivity index is 2.75. The largest absolute Gasteiger partial charge is 0.409 e. The van der Waals surface area contributed by atoms with Crippen LogP contribution in [0.2, 0.25) is 0 Å². The zero-order valence-corrected chi connectivity index (χ0v) is 11.8.